The van der Waals surface area contributed by atoms with Crippen LogP contribution in [0.1, 0.15) is 23.1 Å². The fraction of sp³-hybridized carbons (Fsp3) is 0.346. The highest BCUT2D eigenvalue weighted by Crippen LogP contribution is 2.33. The number of aromatic amines is 1. The van der Waals surface area contributed by atoms with Crippen molar-refractivity contribution in [3.8, 4) is 0 Å². The molecule has 39 heavy (non-hydrogen) atoms. The molecule has 0 radical (unpaired) electrons. The number of rotatable bonds is 5. The van der Waals surface area contributed by atoms with Crippen LogP contribution < -0.4 is 5.56 Å². The van der Waals surface area contributed by atoms with E-state index in [2.05, 4.69) is 9.97 Å². The van der Waals surface area contributed by atoms with E-state index >= 15 is 0 Å². The summed E-state index contributed by atoms with van der Waals surface area (Å²) in [4.78, 5) is 36.3. The van der Waals surface area contributed by atoms with Crippen molar-refractivity contribution in [1.29, 1.82) is 0 Å². The molecule has 1 aliphatic heterocycles. The molecule has 206 valence electrons. The molecule has 7 nitrogen and oxygen atoms in total. The second-order valence-electron chi connectivity index (χ2n) is 9.45. The second-order valence-corrected chi connectivity index (χ2v) is 9.45. The lowest BCUT2D eigenvalue weighted by molar-refractivity contribution is -0.138. The molecule has 5 rings (SSSR count). The molecule has 13 heteroatoms. The minimum Gasteiger partial charge on any atom is -0.349 e. The molecule has 0 spiro atoms. The Balaban J connectivity index is 1.20. The SMILES string of the molecule is O=C(CCn1cnc2c([nH]c3ccc(C(F)(F)F)cc32)c1=O)N1CCN(Cc2cccc(C(F)(F)F)c2)CC1. The Hall–Kier alpha value is -3.87. The Kier molecular flexibility index (Phi) is 6.87. The summed E-state index contributed by atoms with van der Waals surface area (Å²) in [6.45, 7) is 2.14. The van der Waals surface area contributed by atoms with Gasteiger partial charge in [0.05, 0.1) is 17.5 Å². The van der Waals surface area contributed by atoms with Gasteiger partial charge < -0.3 is 9.88 Å². The highest BCUT2D eigenvalue weighted by molar-refractivity contribution is 6.04. The number of nitrogens with one attached hydrogen (secondary N) is 1. The standard InChI is InChI=1S/C26H23F6N5O2/c27-25(28,29)17-3-1-2-16(12-17)14-35-8-10-36(11-9-35)21(38)6-7-37-15-33-22-19-13-18(26(30,31)32)4-5-20(19)34-23(22)24(37)39/h1-5,12-13,15,34H,6-11,14H2. The van der Waals surface area contributed by atoms with Gasteiger partial charge in [-0.25, -0.2) is 4.98 Å². The van der Waals surface area contributed by atoms with Crippen LogP contribution >= 0.6 is 0 Å². The Morgan fingerprint density at radius 1 is 0.923 bits per heavy atom. The molecule has 1 N–H and O–H groups in total. The van der Waals surface area contributed by atoms with Crippen molar-refractivity contribution in [1.82, 2.24) is 24.3 Å². The van der Waals surface area contributed by atoms with Crippen molar-refractivity contribution in [2.24, 2.45) is 0 Å². The molecule has 0 atom stereocenters. The molecule has 0 unspecified atom stereocenters. The number of aromatic nitrogens is 3. The Labute approximate surface area is 217 Å². The fourth-order valence-electron chi connectivity index (χ4n) is 4.76. The number of benzene rings is 2. The third kappa shape index (κ3) is 5.63. The maximum absolute atomic E-state index is 13.1. The van der Waals surface area contributed by atoms with Gasteiger partial charge in [0.15, 0.2) is 0 Å². The van der Waals surface area contributed by atoms with Crippen molar-refractivity contribution < 1.29 is 31.1 Å². The van der Waals surface area contributed by atoms with E-state index in [1.54, 1.807) is 11.0 Å². The first-order valence-electron chi connectivity index (χ1n) is 12.1. The van der Waals surface area contributed by atoms with Gasteiger partial charge in [-0.3, -0.25) is 19.1 Å². The number of fused-ring (bicyclic) bond motifs is 3. The monoisotopic (exact) mass is 551 g/mol. The van der Waals surface area contributed by atoms with Crippen LogP contribution in [0.3, 0.4) is 0 Å². The number of amides is 1. The molecule has 1 saturated heterocycles. The van der Waals surface area contributed by atoms with Gasteiger partial charge >= 0.3 is 12.4 Å². The van der Waals surface area contributed by atoms with Crippen molar-refractivity contribution in [2.45, 2.75) is 31.9 Å². The van der Waals surface area contributed by atoms with Crippen LogP contribution in [0.5, 0.6) is 0 Å². The Bertz CT molecular complexity index is 1580. The number of hydrogen-bond donors (Lipinski definition) is 1. The van der Waals surface area contributed by atoms with E-state index in [9.17, 15) is 35.9 Å². The Morgan fingerprint density at radius 3 is 2.31 bits per heavy atom. The summed E-state index contributed by atoms with van der Waals surface area (Å²) in [7, 11) is 0. The number of carbonyl (C=O) groups excluding carboxylic acids is 1. The topological polar surface area (TPSA) is 74.2 Å². The van der Waals surface area contributed by atoms with Crippen LogP contribution in [0.15, 0.2) is 53.6 Å². The largest absolute Gasteiger partial charge is 0.416 e. The zero-order valence-corrected chi connectivity index (χ0v) is 20.4. The zero-order valence-electron chi connectivity index (χ0n) is 20.4. The lowest BCUT2D eigenvalue weighted by Crippen LogP contribution is -2.48. The van der Waals surface area contributed by atoms with Crippen LogP contribution in [0.4, 0.5) is 26.3 Å². The van der Waals surface area contributed by atoms with Gasteiger partial charge in [0.1, 0.15) is 11.0 Å². The van der Waals surface area contributed by atoms with Gasteiger partial charge in [0.2, 0.25) is 5.91 Å². The molecule has 0 bridgehead atoms. The van der Waals surface area contributed by atoms with Gasteiger partial charge in [0, 0.05) is 56.6 Å². The van der Waals surface area contributed by atoms with Crippen LogP contribution in [-0.2, 0) is 30.2 Å². The smallest absolute Gasteiger partial charge is 0.349 e. The van der Waals surface area contributed by atoms with Crippen molar-refractivity contribution in [2.75, 3.05) is 26.2 Å². The summed E-state index contributed by atoms with van der Waals surface area (Å²) < 4.78 is 79.4. The molecular formula is C26H23F6N5O2. The van der Waals surface area contributed by atoms with Gasteiger partial charge in [-0.1, -0.05) is 18.2 Å². The van der Waals surface area contributed by atoms with Crippen LogP contribution in [-0.4, -0.2) is 56.4 Å². The van der Waals surface area contributed by atoms with Crippen molar-refractivity contribution in [3.05, 3.63) is 75.8 Å². The number of H-pyrrole nitrogens is 1. The average molecular weight is 551 g/mol. The van der Waals surface area contributed by atoms with Crippen LogP contribution in [0.2, 0.25) is 0 Å². The number of halogens is 6. The molecule has 3 heterocycles. The summed E-state index contributed by atoms with van der Waals surface area (Å²) in [5.41, 5.74) is -0.970. The summed E-state index contributed by atoms with van der Waals surface area (Å²) in [6, 6.07) is 8.29. The number of nitrogens with zero attached hydrogens (tertiary/aromatic N) is 4. The molecule has 1 fully saturated rings. The normalized spacial score (nSPS) is 15.4. The highest BCUT2D eigenvalue weighted by Gasteiger charge is 2.32. The number of carbonyl (C=O) groups is 1. The predicted octanol–water partition coefficient (Wildman–Crippen LogP) is 4.65. The minimum atomic E-state index is -4.53. The molecular weight excluding hydrogens is 528 g/mol. The van der Waals surface area contributed by atoms with E-state index in [1.807, 2.05) is 4.90 Å². The van der Waals surface area contributed by atoms with Gasteiger partial charge in [0.25, 0.3) is 5.56 Å². The van der Waals surface area contributed by atoms with E-state index in [1.165, 1.54) is 23.0 Å². The molecule has 1 aliphatic rings. The van der Waals surface area contributed by atoms with E-state index < -0.39 is 29.0 Å². The van der Waals surface area contributed by atoms with Crippen molar-refractivity contribution in [3.63, 3.8) is 0 Å². The average Bonchev–Trinajstić information content (AvgIpc) is 3.27. The van der Waals surface area contributed by atoms with Crippen LogP contribution in [0, 0.1) is 0 Å². The van der Waals surface area contributed by atoms with E-state index in [0.29, 0.717) is 43.8 Å². The predicted molar refractivity (Wildman–Crippen MR) is 131 cm³/mol. The first-order valence-corrected chi connectivity index (χ1v) is 12.1. The third-order valence-electron chi connectivity index (χ3n) is 6.85. The summed E-state index contributed by atoms with van der Waals surface area (Å²) in [5, 5.41) is 0.183. The Morgan fingerprint density at radius 2 is 1.62 bits per heavy atom. The van der Waals surface area contributed by atoms with Gasteiger partial charge in [-0.05, 0) is 29.8 Å². The molecule has 0 aliphatic carbocycles. The maximum atomic E-state index is 13.1. The molecule has 0 saturated carbocycles. The van der Waals surface area contributed by atoms with E-state index in [4.69, 9.17) is 0 Å². The van der Waals surface area contributed by atoms with E-state index in [-0.39, 0.29) is 35.3 Å². The lowest BCUT2D eigenvalue weighted by Gasteiger charge is -2.35. The first kappa shape index (κ1) is 26.7. The maximum Gasteiger partial charge on any atom is 0.416 e. The summed E-state index contributed by atoms with van der Waals surface area (Å²) >= 11 is 0. The number of alkyl halides is 6. The van der Waals surface area contributed by atoms with Crippen LogP contribution in [0.25, 0.3) is 21.9 Å². The lowest BCUT2D eigenvalue weighted by atomic mass is 10.1. The number of aryl methyl sites for hydroxylation is 1. The molecule has 2 aromatic carbocycles. The molecule has 4 aromatic rings. The highest BCUT2D eigenvalue weighted by atomic mass is 19.4. The summed E-state index contributed by atoms with van der Waals surface area (Å²) in [6.07, 6.45) is -7.71. The number of hydrogen-bond acceptors (Lipinski definition) is 4. The quantitative estimate of drug-likeness (QED) is 0.367. The molecule has 2 aromatic heterocycles. The van der Waals surface area contributed by atoms with Gasteiger partial charge in [-0.2, -0.15) is 26.3 Å². The first-order chi connectivity index (χ1) is 18.4. The number of piperazine rings is 1. The van der Waals surface area contributed by atoms with E-state index in [0.717, 1.165) is 24.3 Å². The second kappa shape index (κ2) is 10.0. The van der Waals surface area contributed by atoms with Crippen molar-refractivity contribution >= 4 is 27.8 Å². The summed E-state index contributed by atoms with van der Waals surface area (Å²) in [5.74, 6) is -0.188. The third-order valence-corrected chi connectivity index (χ3v) is 6.85. The van der Waals surface area contributed by atoms with Gasteiger partial charge in [-0.15, -0.1) is 0 Å². The minimum absolute atomic E-state index is 0.0131. The fourth-order valence-corrected chi connectivity index (χ4v) is 4.76. The molecule has 1 amide bonds. The zero-order chi connectivity index (χ0) is 27.9.